The van der Waals surface area contributed by atoms with Crippen LogP contribution in [0, 0.1) is 0 Å². The summed E-state index contributed by atoms with van der Waals surface area (Å²) in [5.41, 5.74) is 0. The summed E-state index contributed by atoms with van der Waals surface area (Å²) in [4.78, 5) is 10.9. The highest BCUT2D eigenvalue weighted by Crippen LogP contribution is 2.00. The average molecular weight is 250 g/mol. The molecule has 0 saturated heterocycles. The lowest BCUT2D eigenvalue weighted by atomic mass is 10.3. The summed E-state index contributed by atoms with van der Waals surface area (Å²) in [6.45, 7) is 9.80. The summed E-state index contributed by atoms with van der Waals surface area (Å²) >= 11 is 0. The Bertz CT molecular complexity index is 172. The van der Waals surface area contributed by atoms with Crippen LogP contribution in [0.25, 0.3) is 0 Å². The van der Waals surface area contributed by atoms with Gasteiger partial charge in [0.25, 0.3) is 0 Å². The van der Waals surface area contributed by atoms with E-state index in [1.165, 1.54) is 0 Å². The number of carbonyl (C=O) groups is 1. The van der Waals surface area contributed by atoms with E-state index in [1.54, 1.807) is 6.92 Å². The van der Waals surface area contributed by atoms with Crippen molar-refractivity contribution >= 4 is 6.16 Å². The maximum absolute atomic E-state index is 10.9. The monoisotopic (exact) mass is 250 g/mol. The molecule has 5 heteroatoms. The molecule has 5 nitrogen and oxygen atoms in total. The number of carbonyl (C=O) groups excluding carboxylic acids is 1. The molecule has 0 aliphatic heterocycles. The molecular weight excluding hydrogens is 224 g/mol. The SMILES string of the molecule is CC.CCC(C)OCC(C)OC(=O)OCCO. The van der Waals surface area contributed by atoms with Gasteiger partial charge in [-0.3, -0.25) is 0 Å². The van der Waals surface area contributed by atoms with E-state index in [0.717, 1.165) is 6.42 Å². The second kappa shape index (κ2) is 13.3. The summed E-state index contributed by atoms with van der Waals surface area (Å²) in [6.07, 6.45) is -0.0409. The normalized spacial score (nSPS) is 13.1. The van der Waals surface area contributed by atoms with Crippen LogP contribution in [0.2, 0.25) is 0 Å². The van der Waals surface area contributed by atoms with Gasteiger partial charge < -0.3 is 19.3 Å². The van der Waals surface area contributed by atoms with Crippen LogP contribution in [0.5, 0.6) is 0 Å². The summed E-state index contributed by atoms with van der Waals surface area (Å²) in [6, 6.07) is 0. The van der Waals surface area contributed by atoms with Gasteiger partial charge in [-0.15, -0.1) is 0 Å². The van der Waals surface area contributed by atoms with Gasteiger partial charge in [-0.2, -0.15) is 0 Å². The van der Waals surface area contributed by atoms with Crippen molar-refractivity contribution in [3.8, 4) is 0 Å². The Hall–Kier alpha value is -0.810. The van der Waals surface area contributed by atoms with Crippen molar-refractivity contribution < 1.29 is 24.1 Å². The zero-order valence-corrected chi connectivity index (χ0v) is 11.6. The standard InChI is InChI=1S/C10H20O5.C2H6/c1-4-8(2)14-7-9(3)15-10(12)13-6-5-11;1-2/h8-9,11H,4-7H2,1-3H3;1-2H3. The number of hydrogen-bond donors (Lipinski definition) is 1. The minimum Gasteiger partial charge on any atom is -0.432 e. The van der Waals surface area contributed by atoms with Crippen molar-refractivity contribution in [2.45, 2.75) is 53.2 Å². The van der Waals surface area contributed by atoms with Crippen molar-refractivity contribution in [2.24, 2.45) is 0 Å². The number of aliphatic hydroxyl groups is 1. The smallest absolute Gasteiger partial charge is 0.432 e. The molecule has 0 amide bonds. The Morgan fingerprint density at radius 2 is 1.82 bits per heavy atom. The van der Waals surface area contributed by atoms with Gasteiger partial charge in [-0.1, -0.05) is 20.8 Å². The molecule has 0 aromatic rings. The lowest BCUT2D eigenvalue weighted by Crippen LogP contribution is -2.24. The van der Waals surface area contributed by atoms with Gasteiger partial charge in [-0.25, -0.2) is 4.79 Å². The van der Waals surface area contributed by atoms with Crippen LogP contribution in [-0.4, -0.2) is 43.3 Å². The maximum atomic E-state index is 10.9. The second-order valence-electron chi connectivity index (χ2n) is 3.30. The molecule has 0 rings (SSSR count). The summed E-state index contributed by atoms with van der Waals surface area (Å²) in [5, 5.41) is 8.40. The van der Waals surface area contributed by atoms with E-state index in [4.69, 9.17) is 14.6 Å². The fourth-order valence-corrected chi connectivity index (χ4v) is 0.779. The summed E-state index contributed by atoms with van der Waals surface area (Å²) in [5.74, 6) is 0. The molecule has 1 N–H and O–H groups in total. The molecule has 0 aliphatic carbocycles. The van der Waals surface area contributed by atoms with E-state index in [0.29, 0.717) is 6.61 Å². The highest BCUT2D eigenvalue weighted by molar-refractivity contribution is 5.60. The van der Waals surface area contributed by atoms with Crippen LogP contribution < -0.4 is 0 Å². The largest absolute Gasteiger partial charge is 0.508 e. The molecule has 0 spiro atoms. The quantitative estimate of drug-likeness (QED) is 0.703. The fourth-order valence-electron chi connectivity index (χ4n) is 0.779. The van der Waals surface area contributed by atoms with E-state index >= 15 is 0 Å². The molecule has 0 fully saturated rings. The van der Waals surface area contributed by atoms with Crippen LogP contribution >= 0.6 is 0 Å². The molecule has 17 heavy (non-hydrogen) atoms. The van der Waals surface area contributed by atoms with Crippen LogP contribution in [0.15, 0.2) is 0 Å². The first-order chi connectivity index (χ1) is 8.10. The predicted molar refractivity (Wildman–Crippen MR) is 66.0 cm³/mol. The molecule has 0 aliphatic rings. The zero-order chi connectivity index (χ0) is 13.7. The molecule has 2 unspecified atom stereocenters. The molecule has 0 heterocycles. The van der Waals surface area contributed by atoms with Gasteiger partial charge in [0.1, 0.15) is 12.7 Å². The van der Waals surface area contributed by atoms with E-state index in [2.05, 4.69) is 4.74 Å². The molecule has 2 atom stereocenters. The van der Waals surface area contributed by atoms with E-state index < -0.39 is 6.16 Å². The van der Waals surface area contributed by atoms with Gasteiger partial charge >= 0.3 is 6.16 Å². The van der Waals surface area contributed by atoms with Crippen molar-refractivity contribution in [1.82, 2.24) is 0 Å². The minimum atomic E-state index is -0.774. The third-order valence-electron chi connectivity index (χ3n) is 1.80. The third kappa shape index (κ3) is 13.1. The van der Waals surface area contributed by atoms with Crippen LogP contribution in [0.4, 0.5) is 4.79 Å². The number of hydrogen-bond acceptors (Lipinski definition) is 5. The Morgan fingerprint density at radius 1 is 1.24 bits per heavy atom. The van der Waals surface area contributed by atoms with E-state index in [9.17, 15) is 4.79 Å². The Morgan fingerprint density at radius 3 is 2.29 bits per heavy atom. The molecule has 0 bridgehead atoms. The van der Waals surface area contributed by atoms with Crippen LogP contribution in [0.1, 0.15) is 41.0 Å². The summed E-state index contributed by atoms with van der Waals surface area (Å²) < 4.78 is 14.8. The molecule has 0 saturated carbocycles. The highest BCUT2D eigenvalue weighted by atomic mass is 16.7. The van der Waals surface area contributed by atoms with E-state index in [1.807, 2.05) is 27.7 Å². The average Bonchev–Trinajstić information content (AvgIpc) is 2.35. The second-order valence-corrected chi connectivity index (χ2v) is 3.30. The summed E-state index contributed by atoms with van der Waals surface area (Å²) in [7, 11) is 0. The third-order valence-corrected chi connectivity index (χ3v) is 1.80. The molecule has 0 radical (unpaired) electrons. The first-order valence-corrected chi connectivity index (χ1v) is 6.16. The predicted octanol–water partition coefficient (Wildman–Crippen LogP) is 2.36. The van der Waals surface area contributed by atoms with Crippen LogP contribution in [0.3, 0.4) is 0 Å². The molecule has 0 aromatic carbocycles. The maximum Gasteiger partial charge on any atom is 0.508 e. The topological polar surface area (TPSA) is 65.0 Å². The first kappa shape index (κ1) is 18.6. The molecule has 0 aromatic heterocycles. The van der Waals surface area contributed by atoms with Gasteiger partial charge in [0.2, 0.25) is 0 Å². The molecular formula is C12H26O5. The Labute approximate surface area is 104 Å². The van der Waals surface area contributed by atoms with Gasteiger partial charge in [0, 0.05) is 0 Å². The van der Waals surface area contributed by atoms with E-state index in [-0.39, 0.29) is 25.4 Å². The fraction of sp³-hybridized carbons (Fsp3) is 0.917. The Balaban J connectivity index is 0. The van der Waals surface area contributed by atoms with Crippen molar-refractivity contribution in [3.63, 3.8) is 0 Å². The van der Waals surface area contributed by atoms with Crippen molar-refractivity contribution in [3.05, 3.63) is 0 Å². The number of aliphatic hydroxyl groups excluding tert-OH is 1. The van der Waals surface area contributed by atoms with Crippen molar-refractivity contribution in [2.75, 3.05) is 19.8 Å². The zero-order valence-electron chi connectivity index (χ0n) is 11.6. The Kier molecular flexibility index (Phi) is 14.5. The lowest BCUT2D eigenvalue weighted by Gasteiger charge is -2.16. The minimum absolute atomic E-state index is 0.0439. The van der Waals surface area contributed by atoms with Gasteiger partial charge in [-0.05, 0) is 20.3 Å². The van der Waals surface area contributed by atoms with Gasteiger partial charge in [0.05, 0.1) is 19.3 Å². The lowest BCUT2D eigenvalue weighted by molar-refractivity contribution is -0.0313. The van der Waals surface area contributed by atoms with Crippen molar-refractivity contribution in [1.29, 1.82) is 0 Å². The number of ether oxygens (including phenoxy) is 3. The highest BCUT2D eigenvalue weighted by Gasteiger charge is 2.11. The molecule has 104 valence electrons. The number of rotatable bonds is 7. The van der Waals surface area contributed by atoms with Crippen LogP contribution in [-0.2, 0) is 14.2 Å². The van der Waals surface area contributed by atoms with Gasteiger partial charge in [0.15, 0.2) is 0 Å². The first-order valence-electron chi connectivity index (χ1n) is 6.16.